The Bertz CT molecular complexity index is 1210. The highest BCUT2D eigenvalue weighted by molar-refractivity contribution is 6.04. The van der Waals surface area contributed by atoms with E-state index in [9.17, 15) is 9.59 Å². The van der Waals surface area contributed by atoms with Gasteiger partial charge in [-0.1, -0.05) is 12.1 Å². The number of hydrogen-bond acceptors (Lipinski definition) is 5. The maximum absolute atomic E-state index is 12.2. The van der Waals surface area contributed by atoms with Crippen LogP contribution in [0.3, 0.4) is 0 Å². The van der Waals surface area contributed by atoms with Crippen molar-refractivity contribution in [1.29, 1.82) is 0 Å². The number of hydrogen-bond donors (Lipinski definition) is 2. The van der Waals surface area contributed by atoms with Gasteiger partial charge in [0.05, 0.1) is 29.6 Å². The average Bonchev–Trinajstić information content (AvgIpc) is 3.59. The summed E-state index contributed by atoms with van der Waals surface area (Å²) in [5.41, 5.74) is 11.3. The van der Waals surface area contributed by atoms with Crippen LogP contribution in [-0.4, -0.2) is 29.8 Å². The average molecular weight is 448 g/mol. The Morgan fingerprint density at radius 1 is 1.09 bits per heavy atom. The third-order valence-corrected chi connectivity index (χ3v) is 6.89. The van der Waals surface area contributed by atoms with Crippen LogP contribution in [0.25, 0.3) is 22.2 Å². The lowest BCUT2D eigenvalue weighted by atomic mass is 9.92. The highest BCUT2D eigenvalue weighted by Crippen LogP contribution is 2.44. The molecule has 172 valence electrons. The Labute approximate surface area is 192 Å². The van der Waals surface area contributed by atoms with E-state index < -0.39 is 6.09 Å². The van der Waals surface area contributed by atoms with E-state index in [-0.39, 0.29) is 12.1 Å². The van der Waals surface area contributed by atoms with Gasteiger partial charge in [0.2, 0.25) is 0 Å². The van der Waals surface area contributed by atoms with E-state index in [1.54, 1.807) is 6.07 Å². The Hall–Kier alpha value is -3.48. The van der Waals surface area contributed by atoms with Gasteiger partial charge in [0.25, 0.3) is 0 Å². The molecule has 0 saturated heterocycles. The van der Waals surface area contributed by atoms with Crippen LogP contribution in [0, 0.1) is 5.92 Å². The number of benzene rings is 2. The molecule has 0 radical (unpaired) electrons. The summed E-state index contributed by atoms with van der Waals surface area (Å²) in [4.78, 5) is 24.3. The highest BCUT2D eigenvalue weighted by Gasteiger charge is 2.31. The van der Waals surface area contributed by atoms with Crippen LogP contribution in [-0.2, 0) is 9.47 Å². The monoisotopic (exact) mass is 447 g/mol. The minimum absolute atomic E-state index is 0.0582. The molecule has 2 saturated carbocycles. The number of amides is 1. The topological polar surface area (TPSA) is 95.6 Å². The van der Waals surface area contributed by atoms with Crippen LogP contribution in [0.2, 0.25) is 0 Å². The molecule has 0 bridgehead atoms. The lowest BCUT2D eigenvalue weighted by molar-refractivity contribution is 0.0600. The fourth-order valence-electron chi connectivity index (χ4n) is 4.59. The maximum Gasteiger partial charge on any atom is 0.411 e. The van der Waals surface area contributed by atoms with Gasteiger partial charge in [0, 0.05) is 22.7 Å². The van der Waals surface area contributed by atoms with E-state index in [1.165, 1.54) is 13.5 Å². The van der Waals surface area contributed by atoms with Crippen LogP contribution in [0.15, 0.2) is 42.5 Å². The van der Waals surface area contributed by atoms with Gasteiger partial charge < -0.3 is 19.8 Å². The molecule has 7 heteroatoms. The number of nitrogens with zero attached hydrogens (tertiary/aromatic N) is 1. The lowest BCUT2D eigenvalue weighted by Crippen LogP contribution is -2.21. The van der Waals surface area contributed by atoms with Crippen LogP contribution >= 0.6 is 0 Å². The van der Waals surface area contributed by atoms with E-state index in [1.807, 2.05) is 43.3 Å². The van der Waals surface area contributed by atoms with Gasteiger partial charge in [-0.15, -0.1) is 0 Å². The molecule has 1 heterocycles. The highest BCUT2D eigenvalue weighted by atomic mass is 16.6. The van der Waals surface area contributed by atoms with Crippen LogP contribution in [0.4, 0.5) is 16.2 Å². The van der Waals surface area contributed by atoms with E-state index in [0.29, 0.717) is 28.9 Å². The molecule has 0 spiro atoms. The summed E-state index contributed by atoms with van der Waals surface area (Å²) in [6.45, 7) is 1.94. The SMILES string of the molecule is COC(=O)c1ccc2c(N)c(-c3ccc(NC(=O)O[C@H](C)C4CC4)cc3)n(C3CCC3)c2c1. The minimum Gasteiger partial charge on any atom is -0.465 e. The number of methoxy groups -OCH3 is 1. The quantitative estimate of drug-likeness (QED) is 0.469. The number of aromatic nitrogens is 1. The van der Waals surface area contributed by atoms with E-state index in [0.717, 1.165) is 47.8 Å². The molecule has 5 rings (SSSR count). The van der Waals surface area contributed by atoms with Crippen molar-refractivity contribution >= 4 is 34.3 Å². The molecule has 2 aromatic carbocycles. The molecule has 33 heavy (non-hydrogen) atoms. The van der Waals surface area contributed by atoms with E-state index in [2.05, 4.69) is 9.88 Å². The third kappa shape index (κ3) is 4.03. The standard InChI is InChI=1S/C26H29N3O4/c1-15(16-6-7-16)33-26(31)28-19-11-8-17(9-12-19)24-23(27)21-13-10-18(25(30)32-2)14-22(21)29(24)20-4-3-5-20/h8-16,20H,3-7,27H2,1-2H3,(H,28,31)/t15-/m1/s1. The fraction of sp³-hybridized carbons (Fsp3) is 0.385. The number of anilines is 2. The van der Waals surface area contributed by atoms with Gasteiger partial charge in [0.1, 0.15) is 6.10 Å². The molecule has 3 N–H and O–H groups in total. The van der Waals surface area contributed by atoms with Crippen molar-refractivity contribution < 1.29 is 19.1 Å². The lowest BCUT2D eigenvalue weighted by Gasteiger charge is -2.30. The molecule has 2 aliphatic rings. The second-order valence-electron chi connectivity index (χ2n) is 9.09. The number of esters is 1. The van der Waals surface area contributed by atoms with Crippen molar-refractivity contribution in [3.8, 4) is 11.3 Å². The molecule has 0 aliphatic heterocycles. The van der Waals surface area contributed by atoms with Crippen molar-refractivity contribution in [2.45, 2.75) is 51.2 Å². The Kier molecular flexibility index (Phi) is 5.48. The number of rotatable bonds is 6. The van der Waals surface area contributed by atoms with Crippen molar-refractivity contribution in [2.24, 2.45) is 5.92 Å². The number of nitrogen functional groups attached to an aromatic ring is 1. The van der Waals surface area contributed by atoms with E-state index >= 15 is 0 Å². The first-order valence-corrected chi connectivity index (χ1v) is 11.6. The van der Waals surface area contributed by atoms with Crippen molar-refractivity contribution in [3.05, 3.63) is 48.0 Å². The summed E-state index contributed by atoms with van der Waals surface area (Å²) in [7, 11) is 1.38. The van der Waals surface area contributed by atoms with E-state index in [4.69, 9.17) is 15.2 Å². The van der Waals surface area contributed by atoms with Gasteiger partial charge >= 0.3 is 12.1 Å². The summed E-state index contributed by atoms with van der Waals surface area (Å²) in [5.74, 6) is 0.130. The summed E-state index contributed by atoms with van der Waals surface area (Å²) in [5, 5.41) is 3.73. The number of carbonyl (C=O) groups excluding carboxylic acids is 2. The zero-order chi connectivity index (χ0) is 23.1. The molecular formula is C26H29N3O4. The molecule has 7 nitrogen and oxygen atoms in total. The largest absolute Gasteiger partial charge is 0.465 e. The first-order valence-electron chi connectivity index (χ1n) is 11.6. The zero-order valence-corrected chi connectivity index (χ0v) is 19.0. The number of fused-ring (bicyclic) bond motifs is 1. The molecule has 1 aromatic heterocycles. The van der Waals surface area contributed by atoms with Gasteiger partial charge in [-0.3, -0.25) is 5.32 Å². The van der Waals surface area contributed by atoms with Crippen LogP contribution < -0.4 is 11.1 Å². The number of carbonyl (C=O) groups is 2. The number of nitrogens with two attached hydrogens (primary N) is 1. The first kappa shape index (κ1) is 21.4. The second-order valence-corrected chi connectivity index (χ2v) is 9.09. The second kappa shape index (κ2) is 8.46. The molecule has 2 fully saturated rings. The Morgan fingerprint density at radius 2 is 1.82 bits per heavy atom. The van der Waals surface area contributed by atoms with Crippen molar-refractivity contribution in [2.75, 3.05) is 18.2 Å². The molecule has 1 amide bonds. The molecule has 1 atom stereocenters. The summed E-state index contributed by atoms with van der Waals surface area (Å²) in [6, 6.07) is 13.5. The normalized spacial score (nSPS) is 16.8. The van der Waals surface area contributed by atoms with Gasteiger partial charge in [-0.2, -0.15) is 0 Å². The van der Waals surface area contributed by atoms with Crippen LogP contribution in [0.5, 0.6) is 0 Å². The fourth-order valence-corrected chi connectivity index (χ4v) is 4.59. The predicted octanol–water partition coefficient (Wildman–Crippen LogP) is 5.75. The van der Waals surface area contributed by atoms with Gasteiger partial charge in [-0.05, 0) is 75.3 Å². The first-order chi connectivity index (χ1) is 16.0. The van der Waals surface area contributed by atoms with Crippen molar-refractivity contribution in [1.82, 2.24) is 4.57 Å². The van der Waals surface area contributed by atoms with Crippen LogP contribution in [0.1, 0.15) is 55.4 Å². The molecular weight excluding hydrogens is 418 g/mol. The molecule has 2 aliphatic carbocycles. The smallest absolute Gasteiger partial charge is 0.411 e. The summed E-state index contributed by atoms with van der Waals surface area (Å²) < 4.78 is 12.6. The third-order valence-electron chi connectivity index (χ3n) is 6.89. The number of nitrogens with one attached hydrogen (secondary N) is 1. The minimum atomic E-state index is -0.430. The van der Waals surface area contributed by atoms with Gasteiger partial charge in [-0.25, -0.2) is 9.59 Å². The summed E-state index contributed by atoms with van der Waals surface area (Å²) in [6.07, 6.45) is 5.08. The number of ether oxygens (including phenoxy) is 2. The van der Waals surface area contributed by atoms with Gasteiger partial charge in [0.15, 0.2) is 0 Å². The summed E-state index contributed by atoms with van der Waals surface area (Å²) >= 11 is 0. The molecule has 0 unspecified atom stereocenters. The Balaban J connectivity index is 1.46. The van der Waals surface area contributed by atoms with Crippen molar-refractivity contribution in [3.63, 3.8) is 0 Å². The predicted molar refractivity (Wildman–Crippen MR) is 128 cm³/mol. The zero-order valence-electron chi connectivity index (χ0n) is 19.0. The molecule has 3 aromatic rings. The maximum atomic E-state index is 12.2. The Morgan fingerprint density at radius 3 is 2.42 bits per heavy atom.